The van der Waals surface area contributed by atoms with Gasteiger partial charge >= 0.3 is 0 Å². The zero-order chi connectivity index (χ0) is 18.3. The van der Waals surface area contributed by atoms with Gasteiger partial charge in [0.2, 0.25) is 0 Å². The average Bonchev–Trinajstić information content (AvgIpc) is 3.28. The number of aryl methyl sites for hydroxylation is 1. The second-order valence-electron chi connectivity index (χ2n) is 7.17. The van der Waals surface area contributed by atoms with Crippen LogP contribution in [0.5, 0.6) is 0 Å². The van der Waals surface area contributed by atoms with Crippen LogP contribution in [0.2, 0.25) is 0 Å². The number of nitrogens with zero attached hydrogens (tertiary/aromatic N) is 8. The number of aliphatic hydroxyl groups is 1. The van der Waals surface area contributed by atoms with Crippen molar-refractivity contribution in [1.29, 1.82) is 0 Å². The summed E-state index contributed by atoms with van der Waals surface area (Å²) in [6.07, 6.45) is 4.13. The molecule has 0 bridgehead atoms. The first kappa shape index (κ1) is 16.9. The van der Waals surface area contributed by atoms with Crippen LogP contribution in [0, 0.1) is 0 Å². The number of fused-ring (bicyclic) bond motifs is 1. The topological polar surface area (TPSA) is 97.3 Å². The molecule has 0 saturated carbocycles. The van der Waals surface area contributed by atoms with Crippen molar-refractivity contribution in [3.8, 4) is 0 Å². The summed E-state index contributed by atoms with van der Waals surface area (Å²) in [5.41, 5.74) is 0.330. The predicted molar refractivity (Wildman–Crippen MR) is 95.9 cm³/mol. The average molecular weight is 356 g/mol. The molecule has 1 fully saturated rings. The molecule has 0 aliphatic carbocycles. The lowest BCUT2D eigenvalue weighted by Gasteiger charge is -2.38. The third-order valence-electron chi connectivity index (χ3n) is 4.94. The first-order valence-corrected chi connectivity index (χ1v) is 9.11. The molecule has 1 unspecified atom stereocenters. The van der Waals surface area contributed by atoms with Gasteiger partial charge in [-0.2, -0.15) is 4.52 Å². The van der Waals surface area contributed by atoms with E-state index in [-0.39, 0.29) is 6.04 Å². The fraction of sp³-hybridized carbons (Fsp3) is 0.588. The molecule has 0 aromatic carbocycles. The van der Waals surface area contributed by atoms with Crippen molar-refractivity contribution in [3.63, 3.8) is 0 Å². The zero-order valence-electron chi connectivity index (χ0n) is 15.4. The van der Waals surface area contributed by atoms with Gasteiger partial charge < -0.3 is 10.0 Å². The van der Waals surface area contributed by atoms with E-state index >= 15 is 0 Å². The van der Waals surface area contributed by atoms with Crippen LogP contribution in [0.3, 0.4) is 0 Å². The SMILES string of the molecule is CCc1nnc2ccc(N3CCCC(O)(c4cn(C(C)C)nn4)C3)nn12. The second-order valence-corrected chi connectivity index (χ2v) is 7.17. The van der Waals surface area contributed by atoms with E-state index in [4.69, 9.17) is 0 Å². The normalized spacial score (nSPS) is 21.0. The van der Waals surface area contributed by atoms with Crippen molar-refractivity contribution in [1.82, 2.24) is 34.8 Å². The molecule has 138 valence electrons. The van der Waals surface area contributed by atoms with Crippen molar-refractivity contribution in [2.75, 3.05) is 18.0 Å². The number of piperidine rings is 1. The van der Waals surface area contributed by atoms with E-state index < -0.39 is 5.60 Å². The van der Waals surface area contributed by atoms with E-state index in [0.717, 1.165) is 36.7 Å². The molecule has 4 rings (SSSR count). The molecule has 0 amide bonds. The Morgan fingerprint density at radius 3 is 2.81 bits per heavy atom. The Balaban J connectivity index is 1.63. The summed E-state index contributed by atoms with van der Waals surface area (Å²) in [7, 11) is 0. The highest BCUT2D eigenvalue weighted by molar-refractivity contribution is 5.46. The number of hydrogen-bond acceptors (Lipinski definition) is 7. The van der Waals surface area contributed by atoms with Gasteiger partial charge in [-0.15, -0.1) is 20.4 Å². The minimum absolute atomic E-state index is 0.213. The summed E-state index contributed by atoms with van der Waals surface area (Å²) < 4.78 is 3.55. The maximum Gasteiger partial charge on any atom is 0.178 e. The maximum atomic E-state index is 11.2. The zero-order valence-corrected chi connectivity index (χ0v) is 15.4. The molecule has 1 N–H and O–H groups in total. The largest absolute Gasteiger partial charge is 0.382 e. The van der Waals surface area contributed by atoms with E-state index in [2.05, 4.69) is 30.5 Å². The molecule has 1 atom stereocenters. The van der Waals surface area contributed by atoms with Crippen molar-refractivity contribution in [3.05, 3.63) is 29.8 Å². The third kappa shape index (κ3) is 2.82. The summed E-state index contributed by atoms with van der Waals surface area (Å²) in [6, 6.07) is 4.06. The smallest absolute Gasteiger partial charge is 0.178 e. The molecule has 3 aromatic heterocycles. The molecule has 1 aliphatic rings. The lowest BCUT2D eigenvalue weighted by Crippen LogP contribution is -2.47. The van der Waals surface area contributed by atoms with Crippen molar-refractivity contribution >= 4 is 11.5 Å². The van der Waals surface area contributed by atoms with Gasteiger partial charge in [0.25, 0.3) is 0 Å². The van der Waals surface area contributed by atoms with Gasteiger partial charge in [-0.3, -0.25) is 0 Å². The van der Waals surface area contributed by atoms with Gasteiger partial charge in [-0.05, 0) is 38.8 Å². The molecule has 0 spiro atoms. The van der Waals surface area contributed by atoms with Crippen molar-refractivity contribution in [2.45, 2.75) is 51.7 Å². The summed E-state index contributed by atoms with van der Waals surface area (Å²) in [5.74, 6) is 1.63. The lowest BCUT2D eigenvalue weighted by molar-refractivity contribution is 0.0174. The lowest BCUT2D eigenvalue weighted by atomic mass is 9.90. The molecule has 9 heteroatoms. The van der Waals surface area contributed by atoms with Crippen LogP contribution < -0.4 is 4.90 Å². The molecular weight excluding hydrogens is 332 g/mol. The molecule has 1 saturated heterocycles. The Bertz CT molecular complexity index is 917. The van der Waals surface area contributed by atoms with Gasteiger partial charge in [-0.1, -0.05) is 12.1 Å². The highest BCUT2D eigenvalue weighted by atomic mass is 16.3. The van der Waals surface area contributed by atoms with Crippen LogP contribution in [0.4, 0.5) is 5.82 Å². The predicted octanol–water partition coefficient (Wildman–Crippen LogP) is 1.35. The maximum absolute atomic E-state index is 11.2. The highest BCUT2D eigenvalue weighted by Crippen LogP contribution is 2.32. The molecule has 3 aromatic rings. The molecule has 9 nitrogen and oxygen atoms in total. The van der Waals surface area contributed by atoms with Crippen LogP contribution in [0.15, 0.2) is 18.3 Å². The number of anilines is 1. The van der Waals surface area contributed by atoms with Gasteiger partial charge in [0.15, 0.2) is 11.5 Å². The van der Waals surface area contributed by atoms with Crippen molar-refractivity contribution in [2.24, 2.45) is 0 Å². The molecular formula is C17H24N8O. The van der Waals surface area contributed by atoms with Crippen LogP contribution in [0.25, 0.3) is 5.65 Å². The van der Waals surface area contributed by atoms with E-state index in [1.165, 1.54) is 0 Å². The Labute approximate surface area is 151 Å². The van der Waals surface area contributed by atoms with Gasteiger partial charge in [0.05, 0.1) is 12.7 Å². The van der Waals surface area contributed by atoms with E-state index in [9.17, 15) is 5.11 Å². The van der Waals surface area contributed by atoms with Crippen LogP contribution >= 0.6 is 0 Å². The molecule has 26 heavy (non-hydrogen) atoms. The summed E-state index contributed by atoms with van der Waals surface area (Å²) in [6.45, 7) is 7.38. The minimum atomic E-state index is -1.02. The first-order valence-electron chi connectivity index (χ1n) is 9.11. The van der Waals surface area contributed by atoms with Crippen LogP contribution in [-0.4, -0.2) is 53.0 Å². The Kier molecular flexibility index (Phi) is 4.10. The monoisotopic (exact) mass is 356 g/mol. The summed E-state index contributed by atoms with van der Waals surface area (Å²) >= 11 is 0. The number of β-amino-alcohol motifs (C(OH)–C–C–N with tert-alkyl or cyclic N) is 1. The van der Waals surface area contributed by atoms with Gasteiger partial charge in [-0.25, -0.2) is 4.68 Å². The van der Waals surface area contributed by atoms with Gasteiger partial charge in [0, 0.05) is 19.0 Å². The molecule has 0 radical (unpaired) electrons. The van der Waals surface area contributed by atoms with E-state index in [1.54, 1.807) is 9.20 Å². The standard InChI is InChI=1S/C17H24N8O/c1-4-14-19-20-15-6-7-16(21-25(14)15)23-9-5-8-17(26,11-23)13-10-24(12(2)3)22-18-13/h6-7,10,12,26H,4-5,8-9,11H2,1-3H3. The minimum Gasteiger partial charge on any atom is -0.382 e. The summed E-state index contributed by atoms with van der Waals surface area (Å²) in [4.78, 5) is 2.09. The highest BCUT2D eigenvalue weighted by Gasteiger charge is 2.38. The second kappa shape index (κ2) is 6.31. The molecule has 4 heterocycles. The fourth-order valence-electron chi connectivity index (χ4n) is 3.40. The Morgan fingerprint density at radius 1 is 1.23 bits per heavy atom. The summed E-state index contributed by atoms with van der Waals surface area (Å²) in [5, 5.41) is 32.6. The number of aromatic nitrogens is 7. The van der Waals surface area contributed by atoms with Crippen molar-refractivity contribution < 1.29 is 5.11 Å². The Morgan fingerprint density at radius 2 is 2.08 bits per heavy atom. The number of rotatable bonds is 4. The van der Waals surface area contributed by atoms with Crippen LogP contribution in [-0.2, 0) is 12.0 Å². The third-order valence-corrected chi connectivity index (χ3v) is 4.94. The Hall–Kier alpha value is -2.55. The van der Waals surface area contributed by atoms with E-state index in [0.29, 0.717) is 18.7 Å². The quantitative estimate of drug-likeness (QED) is 0.753. The van der Waals surface area contributed by atoms with Gasteiger partial charge in [0.1, 0.15) is 17.1 Å². The number of hydrogen-bond donors (Lipinski definition) is 1. The van der Waals surface area contributed by atoms with E-state index in [1.807, 2.05) is 39.1 Å². The van der Waals surface area contributed by atoms with Crippen LogP contribution in [0.1, 0.15) is 51.2 Å². The first-order chi connectivity index (χ1) is 12.5. The fourth-order valence-corrected chi connectivity index (χ4v) is 3.40. The molecule has 1 aliphatic heterocycles.